The Morgan fingerprint density at radius 2 is 1.77 bits per heavy atom. The van der Waals surface area contributed by atoms with Crippen LogP contribution in [-0.4, -0.2) is 32.9 Å². The number of carbonyl (C=O) groups is 1. The molecule has 162 valence electrons. The zero-order chi connectivity index (χ0) is 22.1. The first kappa shape index (κ1) is 21.5. The summed E-state index contributed by atoms with van der Waals surface area (Å²) in [4.78, 5) is 27.6. The number of aromatic nitrogens is 2. The predicted molar refractivity (Wildman–Crippen MR) is 115 cm³/mol. The molecule has 3 aromatic rings. The molecule has 1 aliphatic rings. The normalized spacial score (nSPS) is 15.4. The molecule has 1 saturated heterocycles. The third-order valence-electron chi connectivity index (χ3n) is 5.72. The van der Waals surface area contributed by atoms with Crippen molar-refractivity contribution in [3.8, 4) is 5.69 Å². The molecule has 2 heterocycles. The Kier molecular flexibility index (Phi) is 6.07. The van der Waals surface area contributed by atoms with Gasteiger partial charge in [-0.25, -0.2) is 13.6 Å². The van der Waals surface area contributed by atoms with Crippen molar-refractivity contribution >= 4 is 17.4 Å². The molecule has 0 bridgehead atoms. The van der Waals surface area contributed by atoms with E-state index in [-0.39, 0.29) is 23.0 Å². The van der Waals surface area contributed by atoms with E-state index in [4.69, 9.17) is 11.6 Å². The summed E-state index contributed by atoms with van der Waals surface area (Å²) in [5.74, 6) is -2.04. The van der Waals surface area contributed by atoms with E-state index in [0.29, 0.717) is 37.6 Å². The van der Waals surface area contributed by atoms with Crippen molar-refractivity contribution in [2.75, 3.05) is 13.1 Å². The molecule has 0 amide bonds. The topological polar surface area (TPSA) is 47.2 Å². The van der Waals surface area contributed by atoms with E-state index in [0.717, 1.165) is 29.6 Å². The molecule has 0 aliphatic carbocycles. The number of likely N-dealkylation sites (tertiary alicyclic amines) is 1. The highest BCUT2D eigenvalue weighted by atomic mass is 35.5. The molecule has 31 heavy (non-hydrogen) atoms. The summed E-state index contributed by atoms with van der Waals surface area (Å²) in [7, 11) is 0. The minimum Gasteiger partial charge on any atom is -0.294 e. The number of hydrogen-bond acceptors (Lipinski definition) is 3. The quantitative estimate of drug-likeness (QED) is 0.546. The zero-order valence-corrected chi connectivity index (χ0v) is 17.8. The molecule has 0 saturated carbocycles. The van der Waals surface area contributed by atoms with E-state index < -0.39 is 11.6 Å². The highest BCUT2D eigenvalue weighted by Gasteiger charge is 2.28. The van der Waals surface area contributed by atoms with E-state index in [1.165, 1.54) is 0 Å². The molecular weight excluding hydrogens is 424 g/mol. The Morgan fingerprint density at radius 3 is 2.45 bits per heavy atom. The van der Waals surface area contributed by atoms with Gasteiger partial charge in [0.25, 0.3) is 0 Å². The second-order valence-corrected chi connectivity index (χ2v) is 8.29. The van der Waals surface area contributed by atoms with Crippen molar-refractivity contribution < 1.29 is 13.6 Å². The van der Waals surface area contributed by atoms with Crippen LogP contribution < -0.4 is 5.69 Å². The third kappa shape index (κ3) is 4.48. The zero-order valence-electron chi connectivity index (χ0n) is 17.0. The summed E-state index contributed by atoms with van der Waals surface area (Å²) in [6.45, 7) is 3.44. The summed E-state index contributed by atoms with van der Waals surface area (Å²) >= 11 is 5.94. The van der Waals surface area contributed by atoms with Crippen molar-refractivity contribution in [3.63, 3.8) is 0 Å². The molecule has 5 nitrogen and oxygen atoms in total. The van der Waals surface area contributed by atoms with Gasteiger partial charge in [-0.1, -0.05) is 11.6 Å². The van der Waals surface area contributed by atoms with Crippen molar-refractivity contribution in [2.24, 2.45) is 5.92 Å². The standard InChI is InChI=1S/C23H22ClF2N3O2/c1-15-13-28(23(31)29(15)19-5-2-17(24)3-6-19)14-27-10-8-16(9-11-27)22(30)20-12-18(25)4-7-21(20)26/h2-7,12-13,16H,8-11,14H2,1H3. The van der Waals surface area contributed by atoms with E-state index in [9.17, 15) is 18.4 Å². The molecule has 0 radical (unpaired) electrons. The van der Waals surface area contributed by atoms with Gasteiger partial charge in [0.15, 0.2) is 5.78 Å². The summed E-state index contributed by atoms with van der Waals surface area (Å²) in [5, 5.41) is 0.601. The van der Waals surface area contributed by atoms with E-state index >= 15 is 0 Å². The smallest absolute Gasteiger partial charge is 0.294 e. The minimum absolute atomic E-state index is 0.153. The summed E-state index contributed by atoms with van der Waals surface area (Å²) < 4.78 is 30.6. The lowest BCUT2D eigenvalue weighted by Gasteiger charge is -2.31. The van der Waals surface area contributed by atoms with Crippen LogP contribution in [0.15, 0.2) is 53.5 Å². The minimum atomic E-state index is -0.695. The van der Waals surface area contributed by atoms with Gasteiger partial charge >= 0.3 is 5.69 Å². The lowest BCUT2D eigenvalue weighted by atomic mass is 9.89. The van der Waals surface area contributed by atoms with Crippen LogP contribution in [0.3, 0.4) is 0 Å². The summed E-state index contributed by atoms with van der Waals surface area (Å²) in [5.41, 5.74) is 1.20. The van der Waals surface area contributed by atoms with Crippen molar-refractivity contribution in [1.29, 1.82) is 0 Å². The molecule has 0 N–H and O–H groups in total. The molecule has 2 aromatic carbocycles. The molecule has 0 atom stereocenters. The molecular formula is C23H22ClF2N3O2. The van der Waals surface area contributed by atoms with Gasteiger partial charge in [-0.2, -0.15) is 0 Å². The lowest BCUT2D eigenvalue weighted by Crippen LogP contribution is -2.39. The second-order valence-electron chi connectivity index (χ2n) is 7.86. The predicted octanol–water partition coefficient (Wildman–Crippen LogP) is 4.43. The third-order valence-corrected chi connectivity index (χ3v) is 5.97. The molecule has 0 unspecified atom stereocenters. The number of piperidine rings is 1. The fraction of sp³-hybridized carbons (Fsp3) is 0.304. The van der Waals surface area contributed by atoms with Crippen molar-refractivity contribution in [2.45, 2.75) is 26.4 Å². The van der Waals surface area contributed by atoms with Crippen LogP contribution in [0.5, 0.6) is 0 Å². The number of halogens is 3. The van der Waals surface area contributed by atoms with Crippen LogP contribution in [0.2, 0.25) is 5.02 Å². The fourth-order valence-electron chi connectivity index (χ4n) is 4.08. The maximum absolute atomic E-state index is 13.9. The van der Waals surface area contributed by atoms with E-state index in [1.54, 1.807) is 39.6 Å². The number of imidazole rings is 1. The lowest BCUT2D eigenvalue weighted by molar-refractivity contribution is 0.0804. The number of carbonyl (C=O) groups excluding carboxylic acids is 1. The van der Waals surface area contributed by atoms with E-state index in [1.807, 2.05) is 6.92 Å². The Bertz CT molecular complexity index is 1160. The van der Waals surface area contributed by atoms with Crippen LogP contribution in [0.25, 0.3) is 5.69 Å². The second kappa shape index (κ2) is 8.77. The van der Waals surface area contributed by atoms with Crippen molar-refractivity contribution in [3.05, 3.63) is 87.1 Å². The van der Waals surface area contributed by atoms with Gasteiger partial charge in [0, 0.05) is 35.9 Å². The first-order valence-corrected chi connectivity index (χ1v) is 10.5. The van der Waals surface area contributed by atoms with Gasteiger partial charge in [0.2, 0.25) is 0 Å². The fourth-order valence-corrected chi connectivity index (χ4v) is 4.21. The van der Waals surface area contributed by atoms with Gasteiger partial charge in [-0.15, -0.1) is 0 Å². The summed E-state index contributed by atoms with van der Waals surface area (Å²) in [6.07, 6.45) is 2.86. The Balaban J connectivity index is 1.43. The Hall–Kier alpha value is -2.77. The molecule has 1 fully saturated rings. The number of aryl methyl sites for hydroxylation is 1. The number of benzene rings is 2. The maximum atomic E-state index is 13.9. The molecule has 1 aromatic heterocycles. The number of hydrogen-bond donors (Lipinski definition) is 0. The average Bonchev–Trinajstić information content (AvgIpc) is 3.03. The van der Waals surface area contributed by atoms with Crippen LogP contribution in [0.1, 0.15) is 28.9 Å². The van der Waals surface area contributed by atoms with Gasteiger partial charge in [0.05, 0.1) is 17.9 Å². The molecule has 8 heteroatoms. The first-order chi connectivity index (χ1) is 14.8. The number of Topliss-reactive ketones (excluding diaryl/α,β-unsaturated/α-hetero) is 1. The van der Waals surface area contributed by atoms with Crippen LogP contribution >= 0.6 is 11.6 Å². The number of nitrogens with zero attached hydrogens (tertiary/aromatic N) is 3. The highest BCUT2D eigenvalue weighted by Crippen LogP contribution is 2.24. The van der Waals surface area contributed by atoms with Gasteiger partial charge in [0.1, 0.15) is 11.6 Å². The maximum Gasteiger partial charge on any atom is 0.334 e. The van der Waals surface area contributed by atoms with Crippen LogP contribution in [0.4, 0.5) is 8.78 Å². The van der Waals surface area contributed by atoms with Crippen LogP contribution in [-0.2, 0) is 6.67 Å². The number of rotatable bonds is 5. The SMILES string of the molecule is Cc1cn(CN2CCC(C(=O)c3cc(F)ccc3F)CC2)c(=O)n1-c1ccc(Cl)cc1. The largest absolute Gasteiger partial charge is 0.334 e. The first-order valence-electron chi connectivity index (χ1n) is 10.1. The van der Waals surface area contributed by atoms with Gasteiger partial charge < -0.3 is 0 Å². The van der Waals surface area contributed by atoms with Gasteiger partial charge in [-0.05, 0) is 62.2 Å². The molecule has 1 aliphatic heterocycles. The Morgan fingerprint density at radius 1 is 1.10 bits per heavy atom. The monoisotopic (exact) mass is 445 g/mol. The van der Waals surface area contributed by atoms with Crippen molar-refractivity contribution in [1.82, 2.24) is 14.0 Å². The van der Waals surface area contributed by atoms with Gasteiger partial charge in [-0.3, -0.25) is 18.8 Å². The van der Waals surface area contributed by atoms with Crippen LogP contribution in [0, 0.1) is 24.5 Å². The molecule has 0 spiro atoms. The average molecular weight is 446 g/mol. The Labute approximate surface area is 183 Å². The highest BCUT2D eigenvalue weighted by molar-refractivity contribution is 6.30. The summed E-state index contributed by atoms with van der Waals surface area (Å²) in [6, 6.07) is 10.0. The van der Waals surface area contributed by atoms with E-state index in [2.05, 4.69) is 4.90 Å². The number of ketones is 1. The molecule has 4 rings (SSSR count).